The van der Waals surface area contributed by atoms with Crippen molar-refractivity contribution in [3.8, 4) is 16.9 Å². The lowest BCUT2D eigenvalue weighted by Gasteiger charge is -2.53. The maximum Gasteiger partial charge on any atom is 0.255 e. The van der Waals surface area contributed by atoms with Crippen LogP contribution in [-0.2, 0) is 14.4 Å². The van der Waals surface area contributed by atoms with Crippen LogP contribution in [0.5, 0.6) is 5.75 Å². The van der Waals surface area contributed by atoms with E-state index in [2.05, 4.69) is 0 Å². The van der Waals surface area contributed by atoms with Gasteiger partial charge in [-0.05, 0) is 31.3 Å². The third-order valence-corrected chi connectivity index (χ3v) is 8.00. The van der Waals surface area contributed by atoms with Crippen LogP contribution in [0.1, 0.15) is 17.2 Å². The number of nitrogens with zero attached hydrogens (tertiary/aromatic N) is 1. The predicted molar refractivity (Wildman–Crippen MR) is 137 cm³/mol. The second kappa shape index (κ2) is 8.64. The Bertz CT molecular complexity index is 1510. The number of benzene rings is 2. The van der Waals surface area contributed by atoms with Crippen molar-refractivity contribution in [2.45, 2.75) is 23.9 Å². The summed E-state index contributed by atoms with van der Waals surface area (Å²) in [6, 6.07) is 8.50. The van der Waals surface area contributed by atoms with Crippen LogP contribution in [0.2, 0.25) is 0 Å². The summed E-state index contributed by atoms with van der Waals surface area (Å²) in [7, 11) is 2.78. The zero-order chi connectivity index (χ0) is 28.7. The number of rotatable bonds is 3. The highest BCUT2D eigenvalue weighted by Gasteiger charge is 2.68. The van der Waals surface area contributed by atoms with E-state index in [0.717, 1.165) is 0 Å². The summed E-state index contributed by atoms with van der Waals surface area (Å²) in [6.45, 7) is 0. The van der Waals surface area contributed by atoms with E-state index >= 15 is 0 Å². The van der Waals surface area contributed by atoms with Crippen molar-refractivity contribution in [2.75, 3.05) is 19.8 Å². The van der Waals surface area contributed by atoms with Gasteiger partial charge in [0.15, 0.2) is 11.4 Å². The highest BCUT2D eigenvalue weighted by molar-refractivity contribution is 6.24. The molecule has 6 unspecified atom stereocenters. The van der Waals surface area contributed by atoms with Crippen LogP contribution in [0.3, 0.4) is 0 Å². The first-order valence-electron chi connectivity index (χ1n) is 12.0. The molecule has 0 radical (unpaired) electrons. The second-order valence-electron chi connectivity index (χ2n) is 10.2. The molecule has 2 aromatic carbocycles. The molecule has 5 rings (SSSR count). The van der Waals surface area contributed by atoms with Gasteiger partial charge in [-0.2, -0.15) is 0 Å². The molecule has 0 aliphatic heterocycles. The number of likely N-dealkylation sites (N-methyl/N-ethyl adjacent to an activating group) is 1. The fourth-order valence-electron chi connectivity index (χ4n) is 6.22. The molecule has 0 spiro atoms. The molecule has 1 saturated carbocycles. The van der Waals surface area contributed by atoms with E-state index < -0.39 is 87.1 Å². The lowest BCUT2D eigenvalue weighted by Crippen LogP contribution is -2.70. The third-order valence-electron chi connectivity index (χ3n) is 8.00. The quantitative estimate of drug-likeness (QED) is 0.144. The van der Waals surface area contributed by atoms with Gasteiger partial charge in [0.25, 0.3) is 5.91 Å². The number of nitrogen functional groups attached to an aromatic ring is 1. The van der Waals surface area contributed by atoms with Gasteiger partial charge in [0.05, 0.1) is 35.4 Å². The third kappa shape index (κ3) is 3.29. The number of hydrogen-bond acceptors (Lipinski definition) is 11. The van der Waals surface area contributed by atoms with E-state index in [1.54, 1.807) is 30.3 Å². The van der Waals surface area contributed by atoms with E-state index in [-0.39, 0.29) is 11.3 Å². The summed E-state index contributed by atoms with van der Waals surface area (Å²) in [6.07, 6.45) is -3.65. The lowest BCUT2D eigenvalue weighted by molar-refractivity contribution is -0.174. The molecule has 1 amide bonds. The second-order valence-corrected chi connectivity index (χ2v) is 10.2. The fraction of sp³-hybridized carbons (Fsp3) is 0.296. The number of aliphatic hydroxyl groups excluding tert-OH is 4. The first-order chi connectivity index (χ1) is 18.3. The van der Waals surface area contributed by atoms with Crippen molar-refractivity contribution in [3.63, 3.8) is 0 Å². The van der Waals surface area contributed by atoms with Gasteiger partial charge in [-0.3, -0.25) is 19.3 Å². The minimum atomic E-state index is -3.07. The number of nitrogens with two attached hydrogens (primary N) is 2. The normalized spacial score (nSPS) is 30.3. The van der Waals surface area contributed by atoms with E-state index in [9.17, 15) is 45.0 Å². The fourth-order valence-corrected chi connectivity index (χ4v) is 6.22. The number of hydrogen-bond donors (Lipinski definition) is 8. The highest BCUT2D eigenvalue weighted by atomic mass is 16.4. The number of primary amides is 1. The lowest BCUT2D eigenvalue weighted by atomic mass is 9.55. The predicted octanol–water partition coefficient (Wildman–Crippen LogP) is -0.325. The Balaban J connectivity index is 1.81. The van der Waals surface area contributed by atoms with Crippen molar-refractivity contribution in [1.29, 1.82) is 0 Å². The van der Waals surface area contributed by atoms with Crippen LogP contribution in [0, 0.1) is 11.8 Å². The van der Waals surface area contributed by atoms with E-state index in [1.165, 1.54) is 25.1 Å². The van der Waals surface area contributed by atoms with Crippen LogP contribution in [0.25, 0.3) is 16.9 Å². The molecule has 39 heavy (non-hydrogen) atoms. The van der Waals surface area contributed by atoms with Gasteiger partial charge in [-0.1, -0.05) is 30.3 Å². The number of phenols is 1. The van der Waals surface area contributed by atoms with Crippen LogP contribution >= 0.6 is 0 Å². The largest absolute Gasteiger partial charge is 0.508 e. The average Bonchev–Trinajstić information content (AvgIpc) is 2.88. The molecule has 0 saturated heterocycles. The van der Waals surface area contributed by atoms with Crippen molar-refractivity contribution in [2.24, 2.45) is 17.6 Å². The number of amides is 1. The van der Waals surface area contributed by atoms with E-state index in [4.69, 9.17) is 11.5 Å². The summed E-state index contributed by atoms with van der Waals surface area (Å²) >= 11 is 0. The monoisotopic (exact) mass is 537 g/mol. The van der Waals surface area contributed by atoms with Crippen molar-refractivity contribution in [1.82, 2.24) is 4.90 Å². The standard InChI is InChI=1S/C27H27N3O9/c1-30(2)18-16-21(33)13-14(24(36)27(16,39)25(37)15(23(18)35)26(29)38)20(32)12-11(19(13)31)8-10(17(28)22(12)34)9-6-4-3-5-7-9/h3-8,13,16,18-19,21,31-34,37,39H,28H2,1-2H3,(H2,29,38). The Morgan fingerprint density at radius 2 is 1.67 bits per heavy atom. The molecule has 204 valence electrons. The maximum absolute atomic E-state index is 13.9. The van der Waals surface area contributed by atoms with Crippen molar-refractivity contribution >= 4 is 28.9 Å². The first-order valence-corrected chi connectivity index (χ1v) is 12.0. The maximum atomic E-state index is 13.9. The number of Topliss-reactive ketones (excluding diaryl/α,β-unsaturated/α-hetero) is 2. The Morgan fingerprint density at radius 1 is 1.05 bits per heavy atom. The molecule has 12 heteroatoms. The smallest absolute Gasteiger partial charge is 0.255 e. The minimum Gasteiger partial charge on any atom is -0.508 e. The number of ketones is 2. The Hall–Kier alpha value is -4.23. The molecule has 3 aliphatic rings. The Morgan fingerprint density at radius 3 is 2.23 bits per heavy atom. The Labute approximate surface area is 221 Å². The Kier molecular flexibility index (Phi) is 5.85. The molecule has 12 nitrogen and oxygen atoms in total. The number of aliphatic hydroxyl groups is 5. The van der Waals surface area contributed by atoms with Gasteiger partial charge >= 0.3 is 0 Å². The van der Waals surface area contributed by atoms with Crippen molar-refractivity contribution in [3.05, 3.63) is 64.4 Å². The number of carbonyl (C=O) groups excluding carboxylic acids is 3. The van der Waals surface area contributed by atoms with Crippen LogP contribution < -0.4 is 11.5 Å². The number of fused-ring (bicyclic) bond motifs is 3. The van der Waals surface area contributed by atoms with Crippen LogP contribution in [0.15, 0.2) is 53.3 Å². The molecule has 2 aromatic rings. The molecule has 0 heterocycles. The molecule has 3 aliphatic carbocycles. The molecule has 1 fully saturated rings. The van der Waals surface area contributed by atoms with Gasteiger partial charge < -0.3 is 42.1 Å². The van der Waals surface area contributed by atoms with Crippen molar-refractivity contribution < 1.29 is 45.0 Å². The number of anilines is 1. The molecular weight excluding hydrogens is 510 g/mol. The summed E-state index contributed by atoms with van der Waals surface area (Å²) in [5, 5.41) is 67.8. The topological polar surface area (TPSA) is 228 Å². The van der Waals surface area contributed by atoms with Gasteiger partial charge in [0.1, 0.15) is 22.8 Å². The van der Waals surface area contributed by atoms with E-state index in [0.29, 0.717) is 11.1 Å². The number of carbonyl (C=O) groups is 3. The van der Waals surface area contributed by atoms with Crippen LogP contribution in [-0.4, -0.2) is 84.9 Å². The summed E-state index contributed by atoms with van der Waals surface area (Å²) < 4.78 is 0. The highest BCUT2D eigenvalue weighted by Crippen LogP contribution is 2.57. The first kappa shape index (κ1) is 26.4. The SMILES string of the molecule is CN(C)C1C(=O)C(C(N)=O)=C(O)C2(O)C(=O)C3=C(O)c4c(cc(-c5ccccc5)c(N)c4O)C(O)C3C(O)C12. The minimum absolute atomic E-state index is 0.0646. The molecule has 0 aromatic heterocycles. The van der Waals surface area contributed by atoms with E-state index in [1.807, 2.05) is 0 Å². The van der Waals surface area contributed by atoms with Gasteiger partial charge in [-0.25, -0.2) is 0 Å². The zero-order valence-corrected chi connectivity index (χ0v) is 20.9. The summed E-state index contributed by atoms with van der Waals surface area (Å²) in [5.74, 6) is -10.1. The molecule has 6 atom stereocenters. The summed E-state index contributed by atoms with van der Waals surface area (Å²) in [5.41, 5.74) is 6.87. The van der Waals surface area contributed by atoms with Crippen LogP contribution in [0.4, 0.5) is 5.69 Å². The molecule has 0 bridgehead atoms. The van der Waals surface area contributed by atoms with Gasteiger partial charge in [-0.15, -0.1) is 0 Å². The summed E-state index contributed by atoms with van der Waals surface area (Å²) in [4.78, 5) is 40.4. The number of aromatic hydroxyl groups is 1. The van der Waals surface area contributed by atoms with Gasteiger partial charge in [0.2, 0.25) is 5.78 Å². The number of phenolic OH excluding ortho intramolecular Hbond substituents is 1. The molecule has 10 N–H and O–H groups in total. The zero-order valence-electron chi connectivity index (χ0n) is 20.9. The average molecular weight is 538 g/mol. The van der Waals surface area contributed by atoms with Gasteiger partial charge in [0, 0.05) is 17.1 Å². The molecular formula is C27H27N3O9.